The van der Waals surface area contributed by atoms with Crippen molar-refractivity contribution >= 4 is 11.6 Å². The van der Waals surface area contributed by atoms with Gasteiger partial charge in [0.2, 0.25) is 5.91 Å². The molecule has 0 saturated heterocycles. The van der Waals surface area contributed by atoms with Crippen molar-refractivity contribution < 1.29 is 4.79 Å². The average molecular weight is 240 g/mol. The Morgan fingerprint density at radius 2 is 1.67 bits per heavy atom. The highest BCUT2D eigenvalue weighted by molar-refractivity contribution is 5.95. The summed E-state index contributed by atoms with van der Waals surface area (Å²) in [6, 6.07) is 16.3. The first-order valence-electron chi connectivity index (χ1n) is 5.85. The van der Waals surface area contributed by atoms with E-state index in [1.165, 1.54) is 0 Å². The Morgan fingerprint density at radius 1 is 1.06 bits per heavy atom. The van der Waals surface area contributed by atoms with E-state index in [-0.39, 0.29) is 5.91 Å². The molecule has 92 valence electrons. The van der Waals surface area contributed by atoms with Crippen LogP contribution in [-0.4, -0.2) is 5.91 Å². The molecule has 0 aliphatic rings. The molecule has 1 atom stereocenters. The van der Waals surface area contributed by atoms with Crippen molar-refractivity contribution in [3.05, 3.63) is 65.7 Å². The minimum absolute atomic E-state index is 0.204. The molecular weight excluding hydrogens is 224 g/mol. The van der Waals surface area contributed by atoms with E-state index in [9.17, 15) is 4.79 Å². The summed E-state index contributed by atoms with van der Waals surface area (Å²) in [5, 5.41) is 2.79. The van der Waals surface area contributed by atoms with Crippen LogP contribution < -0.4 is 11.1 Å². The van der Waals surface area contributed by atoms with Crippen molar-refractivity contribution in [2.75, 3.05) is 5.32 Å². The lowest BCUT2D eigenvalue weighted by Gasteiger charge is -2.12. The third-order valence-electron chi connectivity index (χ3n) is 2.76. The highest BCUT2D eigenvalue weighted by Crippen LogP contribution is 2.14. The van der Waals surface area contributed by atoms with Gasteiger partial charge in [-0.2, -0.15) is 0 Å². The summed E-state index contributed by atoms with van der Waals surface area (Å²) in [6.45, 7) is 2.00. The summed E-state index contributed by atoms with van der Waals surface area (Å²) >= 11 is 0. The van der Waals surface area contributed by atoms with Crippen molar-refractivity contribution in [1.82, 2.24) is 0 Å². The molecule has 0 unspecified atom stereocenters. The van der Waals surface area contributed by atoms with Crippen LogP contribution in [0, 0.1) is 6.92 Å². The van der Waals surface area contributed by atoms with Gasteiger partial charge in [0.15, 0.2) is 0 Å². The van der Waals surface area contributed by atoms with Gasteiger partial charge < -0.3 is 11.1 Å². The van der Waals surface area contributed by atoms with Crippen LogP contribution in [-0.2, 0) is 4.79 Å². The third kappa shape index (κ3) is 2.96. The Kier molecular flexibility index (Phi) is 3.75. The molecule has 0 saturated carbocycles. The molecule has 0 spiro atoms. The van der Waals surface area contributed by atoms with Crippen LogP contribution in [0.3, 0.4) is 0 Å². The van der Waals surface area contributed by atoms with Crippen molar-refractivity contribution in [3.63, 3.8) is 0 Å². The molecule has 0 fully saturated rings. The van der Waals surface area contributed by atoms with Gasteiger partial charge >= 0.3 is 0 Å². The van der Waals surface area contributed by atoms with E-state index >= 15 is 0 Å². The van der Waals surface area contributed by atoms with Gasteiger partial charge in [-0.05, 0) is 24.6 Å². The van der Waals surface area contributed by atoms with Crippen molar-refractivity contribution in [2.45, 2.75) is 13.0 Å². The predicted octanol–water partition coefficient (Wildman–Crippen LogP) is 2.63. The lowest BCUT2D eigenvalue weighted by atomic mass is 10.1. The van der Waals surface area contributed by atoms with E-state index in [0.29, 0.717) is 0 Å². The number of nitrogens with two attached hydrogens (primary N) is 1. The zero-order valence-corrected chi connectivity index (χ0v) is 10.3. The molecule has 0 radical (unpaired) electrons. The van der Waals surface area contributed by atoms with Crippen LogP contribution in [0.25, 0.3) is 0 Å². The number of aryl methyl sites for hydroxylation is 1. The number of hydrogen-bond donors (Lipinski definition) is 2. The molecule has 18 heavy (non-hydrogen) atoms. The minimum Gasteiger partial charge on any atom is -0.324 e. The molecule has 2 aromatic carbocycles. The number of carbonyl (C=O) groups is 1. The van der Waals surface area contributed by atoms with E-state index in [4.69, 9.17) is 5.73 Å². The monoisotopic (exact) mass is 240 g/mol. The van der Waals surface area contributed by atoms with Crippen LogP contribution in [0.15, 0.2) is 54.6 Å². The number of nitrogens with one attached hydrogen (secondary N) is 1. The van der Waals surface area contributed by atoms with E-state index < -0.39 is 6.04 Å². The molecule has 3 nitrogen and oxygen atoms in total. The van der Waals surface area contributed by atoms with Crippen LogP contribution in [0.1, 0.15) is 17.2 Å². The highest BCUT2D eigenvalue weighted by atomic mass is 16.2. The number of benzene rings is 2. The highest BCUT2D eigenvalue weighted by Gasteiger charge is 2.15. The Bertz CT molecular complexity index is 520. The van der Waals surface area contributed by atoms with Gasteiger partial charge in [0.05, 0.1) is 0 Å². The first-order valence-corrected chi connectivity index (χ1v) is 5.85. The number of hydrogen-bond acceptors (Lipinski definition) is 2. The predicted molar refractivity (Wildman–Crippen MR) is 73.2 cm³/mol. The Hall–Kier alpha value is -2.13. The van der Waals surface area contributed by atoms with E-state index in [2.05, 4.69) is 5.32 Å². The molecule has 0 aliphatic carbocycles. The maximum atomic E-state index is 12.0. The average Bonchev–Trinajstić information content (AvgIpc) is 2.40. The van der Waals surface area contributed by atoms with Gasteiger partial charge in [0.25, 0.3) is 0 Å². The molecule has 0 heterocycles. The zero-order valence-electron chi connectivity index (χ0n) is 10.3. The van der Waals surface area contributed by atoms with Gasteiger partial charge in [0.1, 0.15) is 6.04 Å². The molecule has 2 rings (SSSR count). The molecule has 3 N–H and O–H groups in total. The fourth-order valence-electron chi connectivity index (χ4n) is 1.67. The Balaban J connectivity index is 2.07. The number of anilines is 1. The second kappa shape index (κ2) is 5.47. The zero-order chi connectivity index (χ0) is 13.0. The molecule has 2 aromatic rings. The molecule has 1 amide bonds. The Morgan fingerprint density at radius 3 is 2.28 bits per heavy atom. The maximum Gasteiger partial charge on any atom is 0.245 e. The first-order chi connectivity index (χ1) is 8.66. The van der Waals surface area contributed by atoms with E-state index in [1.54, 1.807) is 0 Å². The SMILES string of the molecule is Cc1ccc([C@@H](N)C(=O)Nc2ccccc2)cc1. The minimum atomic E-state index is -0.647. The Labute approximate surface area is 107 Å². The fourth-order valence-corrected chi connectivity index (χ4v) is 1.67. The molecule has 0 bridgehead atoms. The quantitative estimate of drug-likeness (QED) is 0.866. The van der Waals surface area contributed by atoms with Gasteiger partial charge in [-0.25, -0.2) is 0 Å². The summed E-state index contributed by atoms with van der Waals surface area (Å²) in [4.78, 5) is 12.0. The maximum absolute atomic E-state index is 12.0. The van der Waals surface area contributed by atoms with Gasteiger partial charge in [0, 0.05) is 5.69 Å². The largest absolute Gasteiger partial charge is 0.324 e. The lowest BCUT2D eigenvalue weighted by molar-refractivity contribution is -0.117. The molecule has 0 aliphatic heterocycles. The number of rotatable bonds is 3. The van der Waals surface area contributed by atoms with Crippen molar-refractivity contribution in [2.24, 2.45) is 5.73 Å². The fraction of sp³-hybridized carbons (Fsp3) is 0.133. The lowest BCUT2D eigenvalue weighted by Crippen LogP contribution is -2.27. The van der Waals surface area contributed by atoms with E-state index in [0.717, 1.165) is 16.8 Å². The van der Waals surface area contributed by atoms with Gasteiger partial charge in [-0.15, -0.1) is 0 Å². The van der Waals surface area contributed by atoms with Crippen LogP contribution in [0.4, 0.5) is 5.69 Å². The van der Waals surface area contributed by atoms with Gasteiger partial charge in [-0.3, -0.25) is 4.79 Å². The number of amides is 1. The summed E-state index contributed by atoms with van der Waals surface area (Å²) in [5.41, 5.74) is 8.64. The standard InChI is InChI=1S/C15H16N2O/c1-11-7-9-12(10-8-11)14(16)15(18)17-13-5-3-2-4-6-13/h2-10,14H,16H2,1H3,(H,17,18)/t14-/m1/s1. The topological polar surface area (TPSA) is 55.1 Å². The molecule has 3 heteroatoms. The normalized spacial score (nSPS) is 11.9. The van der Waals surface area contributed by atoms with Crippen LogP contribution >= 0.6 is 0 Å². The van der Waals surface area contributed by atoms with E-state index in [1.807, 2.05) is 61.5 Å². The van der Waals surface area contributed by atoms with Crippen LogP contribution in [0.2, 0.25) is 0 Å². The second-order valence-electron chi connectivity index (χ2n) is 4.24. The summed E-state index contributed by atoms with van der Waals surface area (Å²) in [7, 11) is 0. The second-order valence-corrected chi connectivity index (χ2v) is 4.24. The number of para-hydroxylation sites is 1. The van der Waals surface area contributed by atoms with Crippen molar-refractivity contribution in [3.8, 4) is 0 Å². The summed E-state index contributed by atoms with van der Waals surface area (Å²) in [5.74, 6) is -0.204. The molecule has 0 aromatic heterocycles. The summed E-state index contributed by atoms with van der Waals surface area (Å²) < 4.78 is 0. The van der Waals surface area contributed by atoms with Crippen LogP contribution in [0.5, 0.6) is 0 Å². The third-order valence-corrected chi connectivity index (χ3v) is 2.76. The first kappa shape index (κ1) is 12.3. The van der Waals surface area contributed by atoms with Crippen molar-refractivity contribution in [1.29, 1.82) is 0 Å². The smallest absolute Gasteiger partial charge is 0.245 e. The summed E-state index contributed by atoms with van der Waals surface area (Å²) in [6.07, 6.45) is 0. The molecular formula is C15H16N2O. The van der Waals surface area contributed by atoms with Gasteiger partial charge in [-0.1, -0.05) is 48.0 Å². The number of carbonyl (C=O) groups excluding carboxylic acids is 1.